The molecule has 0 aliphatic heterocycles. The van der Waals surface area contributed by atoms with Gasteiger partial charge in [0, 0.05) is 23.1 Å². The van der Waals surface area contributed by atoms with E-state index in [2.05, 4.69) is 52.4 Å². The van der Waals surface area contributed by atoms with Crippen LogP contribution >= 0.6 is 27.5 Å². The summed E-state index contributed by atoms with van der Waals surface area (Å²) in [6.07, 6.45) is 5.14. The van der Waals surface area contributed by atoms with Gasteiger partial charge in [0.1, 0.15) is 0 Å². The van der Waals surface area contributed by atoms with Gasteiger partial charge in [-0.05, 0) is 73.4 Å². The fourth-order valence-electron chi connectivity index (χ4n) is 2.86. The fourth-order valence-corrected chi connectivity index (χ4v) is 3.31. The summed E-state index contributed by atoms with van der Waals surface area (Å²) in [4.78, 5) is 2.46. The predicted molar refractivity (Wildman–Crippen MR) is 85.7 cm³/mol. The molecule has 1 saturated carbocycles. The average Bonchev–Trinajstić information content (AvgIpc) is 2.43. The van der Waals surface area contributed by atoms with Gasteiger partial charge in [0.2, 0.25) is 0 Å². The van der Waals surface area contributed by atoms with Crippen molar-refractivity contribution in [2.75, 3.05) is 14.1 Å². The van der Waals surface area contributed by atoms with Crippen LogP contribution in [0.2, 0.25) is 5.02 Å². The number of benzene rings is 1. The van der Waals surface area contributed by atoms with Gasteiger partial charge in [-0.15, -0.1) is 0 Å². The molecule has 4 heteroatoms. The van der Waals surface area contributed by atoms with Crippen LogP contribution in [0.1, 0.15) is 31.2 Å². The van der Waals surface area contributed by atoms with E-state index in [1.807, 2.05) is 6.07 Å². The van der Waals surface area contributed by atoms with Crippen LogP contribution < -0.4 is 5.32 Å². The van der Waals surface area contributed by atoms with Crippen molar-refractivity contribution in [2.45, 2.75) is 44.3 Å². The summed E-state index contributed by atoms with van der Waals surface area (Å²) in [6, 6.07) is 7.65. The molecular formula is C15H22BrClN2. The van der Waals surface area contributed by atoms with Gasteiger partial charge in [-0.25, -0.2) is 0 Å². The van der Waals surface area contributed by atoms with E-state index in [1.54, 1.807) is 0 Å². The highest BCUT2D eigenvalue weighted by molar-refractivity contribution is 9.10. The molecule has 0 amide bonds. The third-order valence-corrected chi connectivity index (χ3v) is 5.38. The second-order valence-electron chi connectivity index (χ2n) is 5.46. The molecule has 1 aromatic rings. The maximum atomic E-state index is 6.15. The number of nitrogens with zero attached hydrogens (tertiary/aromatic N) is 1. The van der Waals surface area contributed by atoms with Crippen LogP contribution in [-0.4, -0.2) is 31.1 Å². The van der Waals surface area contributed by atoms with E-state index in [4.69, 9.17) is 11.6 Å². The maximum Gasteiger partial charge on any atom is 0.0551 e. The molecule has 0 aromatic heterocycles. The number of rotatable bonds is 4. The Labute approximate surface area is 129 Å². The standard InChI is InChI=1S/C15H22BrClN2/c1-18-12-4-6-13(7-5-12)19(2)10-11-3-8-14(16)15(17)9-11/h3,8-9,12-13,18H,4-7,10H2,1-2H3. The largest absolute Gasteiger partial charge is 0.317 e. The summed E-state index contributed by atoms with van der Waals surface area (Å²) in [5, 5.41) is 4.18. The molecule has 0 unspecified atom stereocenters. The first kappa shape index (κ1) is 15.3. The molecule has 2 rings (SSSR count). The lowest BCUT2D eigenvalue weighted by Gasteiger charge is -2.34. The topological polar surface area (TPSA) is 15.3 Å². The zero-order chi connectivity index (χ0) is 13.8. The monoisotopic (exact) mass is 344 g/mol. The van der Waals surface area contributed by atoms with E-state index in [0.29, 0.717) is 12.1 Å². The van der Waals surface area contributed by atoms with E-state index in [9.17, 15) is 0 Å². The van der Waals surface area contributed by atoms with Crippen LogP contribution in [0.5, 0.6) is 0 Å². The van der Waals surface area contributed by atoms with Gasteiger partial charge in [0.15, 0.2) is 0 Å². The van der Waals surface area contributed by atoms with Gasteiger partial charge in [-0.3, -0.25) is 4.90 Å². The first-order chi connectivity index (χ1) is 9.10. The lowest BCUT2D eigenvalue weighted by atomic mass is 9.90. The van der Waals surface area contributed by atoms with Crippen LogP contribution in [0.25, 0.3) is 0 Å². The Kier molecular flexibility index (Phi) is 5.70. The molecule has 1 N–H and O–H groups in total. The molecule has 1 aromatic carbocycles. The van der Waals surface area contributed by atoms with Gasteiger partial charge < -0.3 is 5.32 Å². The fraction of sp³-hybridized carbons (Fsp3) is 0.600. The number of nitrogens with one attached hydrogen (secondary N) is 1. The summed E-state index contributed by atoms with van der Waals surface area (Å²) in [7, 11) is 4.29. The zero-order valence-corrected chi connectivity index (χ0v) is 14.0. The molecule has 0 bridgehead atoms. The van der Waals surface area contributed by atoms with Gasteiger partial charge in [-0.1, -0.05) is 17.7 Å². The Morgan fingerprint density at radius 1 is 1.32 bits per heavy atom. The molecule has 1 aliphatic carbocycles. The number of hydrogen-bond acceptors (Lipinski definition) is 2. The van der Waals surface area contributed by atoms with Crippen molar-refractivity contribution in [1.82, 2.24) is 10.2 Å². The van der Waals surface area contributed by atoms with Crippen LogP contribution in [0.15, 0.2) is 22.7 Å². The molecule has 1 aliphatic rings. The van der Waals surface area contributed by atoms with Gasteiger partial charge in [0.05, 0.1) is 5.02 Å². The smallest absolute Gasteiger partial charge is 0.0551 e. The van der Waals surface area contributed by atoms with E-state index in [1.165, 1.54) is 31.2 Å². The van der Waals surface area contributed by atoms with Crippen LogP contribution in [0.4, 0.5) is 0 Å². The minimum absolute atomic E-state index is 0.701. The van der Waals surface area contributed by atoms with E-state index in [-0.39, 0.29) is 0 Å². The molecule has 1 fully saturated rings. The lowest BCUT2D eigenvalue weighted by molar-refractivity contribution is 0.170. The maximum absolute atomic E-state index is 6.15. The minimum Gasteiger partial charge on any atom is -0.317 e. The summed E-state index contributed by atoms with van der Waals surface area (Å²) in [5.74, 6) is 0. The van der Waals surface area contributed by atoms with Crippen molar-refractivity contribution in [2.24, 2.45) is 0 Å². The van der Waals surface area contributed by atoms with Crippen molar-refractivity contribution in [3.8, 4) is 0 Å². The first-order valence-corrected chi connectivity index (χ1v) is 8.08. The number of halogens is 2. The van der Waals surface area contributed by atoms with Crippen molar-refractivity contribution < 1.29 is 0 Å². The zero-order valence-electron chi connectivity index (χ0n) is 11.6. The van der Waals surface area contributed by atoms with Crippen LogP contribution in [-0.2, 0) is 6.54 Å². The lowest BCUT2D eigenvalue weighted by Crippen LogP contribution is -2.39. The minimum atomic E-state index is 0.701. The Morgan fingerprint density at radius 2 is 2.00 bits per heavy atom. The average molecular weight is 346 g/mol. The van der Waals surface area contributed by atoms with Crippen LogP contribution in [0.3, 0.4) is 0 Å². The van der Waals surface area contributed by atoms with Crippen molar-refractivity contribution >= 4 is 27.5 Å². The number of hydrogen-bond donors (Lipinski definition) is 1. The molecule has 0 radical (unpaired) electrons. The molecule has 0 spiro atoms. The second-order valence-corrected chi connectivity index (χ2v) is 6.72. The van der Waals surface area contributed by atoms with E-state index < -0.39 is 0 Å². The molecule has 0 atom stereocenters. The molecule has 0 saturated heterocycles. The van der Waals surface area contributed by atoms with Gasteiger partial charge in [0.25, 0.3) is 0 Å². The normalized spacial score (nSPS) is 23.8. The summed E-state index contributed by atoms with van der Waals surface area (Å²) >= 11 is 9.58. The molecule has 2 nitrogen and oxygen atoms in total. The van der Waals surface area contributed by atoms with Gasteiger partial charge in [-0.2, -0.15) is 0 Å². The Hall–Kier alpha value is -0.0900. The third kappa shape index (κ3) is 4.19. The Morgan fingerprint density at radius 3 is 2.58 bits per heavy atom. The molecule has 106 valence electrons. The highest BCUT2D eigenvalue weighted by atomic mass is 79.9. The van der Waals surface area contributed by atoms with Crippen molar-refractivity contribution in [3.05, 3.63) is 33.3 Å². The summed E-state index contributed by atoms with van der Waals surface area (Å²) in [6.45, 7) is 0.974. The SMILES string of the molecule is CNC1CCC(N(C)Cc2ccc(Br)c(Cl)c2)CC1. The highest BCUT2D eigenvalue weighted by Crippen LogP contribution is 2.26. The molecule has 0 heterocycles. The summed E-state index contributed by atoms with van der Waals surface area (Å²) < 4.78 is 0.968. The quantitative estimate of drug-likeness (QED) is 0.885. The summed E-state index contributed by atoms with van der Waals surface area (Å²) in [5.41, 5.74) is 1.28. The van der Waals surface area contributed by atoms with Crippen molar-refractivity contribution in [3.63, 3.8) is 0 Å². The van der Waals surface area contributed by atoms with Crippen LogP contribution in [0, 0.1) is 0 Å². The van der Waals surface area contributed by atoms with Crippen molar-refractivity contribution in [1.29, 1.82) is 0 Å². The Balaban J connectivity index is 1.90. The highest BCUT2D eigenvalue weighted by Gasteiger charge is 2.23. The van der Waals surface area contributed by atoms with E-state index in [0.717, 1.165) is 16.0 Å². The first-order valence-electron chi connectivity index (χ1n) is 6.91. The Bertz CT molecular complexity index is 417. The molecular weight excluding hydrogens is 324 g/mol. The third-order valence-electron chi connectivity index (χ3n) is 4.14. The predicted octanol–water partition coefficient (Wildman–Crippen LogP) is 4.06. The van der Waals surface area contributed by atoms with E-state index >= 15 is 0 Å². The second kappa shape index (κ2) is 7.07. The van der Waals surface area contributed by atoms with Gasteiger partial charge >= 0.3 is 0 Å². The molecule has 19 heavy (non-hydrogen) atoms.